The predicted molar refractivity (Wildman–Crippen MR) is 81.9 cm³/mol. The van der Waals surface area contributed by atoms with Crippen LogP contribution in [0.4, 0.5) is 5.69 Å². The summed E-state index contributed by atoms with van der Waals surface area (Å²) in [6, 6.07) is 6.95. The Hall–Kier alpha value is -1.66. The SMILES string of the molecule is CN(C)CCNc1ccc(S(C)(=O)=O)c2cccnc12. The van der Waals surface area contributed by atoms with E-state index in [0.717, 1.165) is 18.8 Å². The molecule has 0 spiro atoms. The van der Waals surface area contributed by atoms with Crippen LogP contribution in [-0.4, -0.2) is 51.7 Å². The number of fused-ring (bicyclic) bond motifs is 1. The van der Waals surface area contributed by atoms with Gasteiger partial charge in [0.25, 0.3) is 0 Å². The zero-order valence-electron chi connectivity index (χ0n) is 11.9. The molecule has 0 aliphatic heterocycles. The summed E-state index contributed by atoms with van der Waals surface area (Å²) < 4.78 is 23.6. The van der Waals surface area contributed by atoms with E-state index < -0.39 is 9.84 Å². The van der Waals surface area contributed by atoms with E-state index in [0.29, 0.717) is 15.8 Å². The summed E-state index contributed by atoms with van der Waals surface area (Å²) in [6.07, 6.45) is 2.89. The van der Waals surface area contributed by atoms with E-state index in [1.165, 1.54) is 6.26 Å². The van der Waals surface area contributed by atoms with Crippen molar-refractivity contribution in [2.24, 2.45) is 0 Å². The lowest BCUT2D eigenvalue weighted by molar-refractivity contribution is 0.425. The third-order valence-corrected chi connectivity index (χ3v) is 4.16. The fraction of sp³-hybridized carbons (Fsp3) is 0.357. The highest BCUT2D eigenvalue weighted by atomic mass is 32.2. The topological polar surface area (TPSA) is 62.3 Å². The van der Waals surface area contributed by atoms with E-state index in [1.807, 2.05) is 14.1 Å². The van der Waals surface area contributed by atoms with Crippen LogP contribution in [-0.2, 0) is 9.84 Å². The quantitative estimate of drug-likeness (QED) is 0.907. The Labute approximate surface area is 119 Å². The zero-order chi connectivity index (χ0) is 14.8. The van der Waals surface area contributed by atoms with E-state index in [1.54, 1.807) is 30.5 Å². The van der Waals surface area contributed by atoms with Gasteiger partial charge in [-0.25, -0.2) is 8.42 Å². The molecule has 0 aliphatic rings. The van der Waals surface area contributed by atoms with Crippen LogP contribution in [0.3, 0.4) is 0 Å². The van der Waals surface area contributed by atoms with Crippen molar-refractivity contribution in [2.45, 2.75) is 4.90 Å². The molecule has 6 heteroatoms. The number of rotatable bonds is 5. The van der Waals surface area contributed by atoms with Gasteiger partial charge >= 0.3 is 0 Å². The number of likely N-dealkylation sites (N-methyl/N-ethyl adjacent to an activating group) is 1. The number of hydrogen-bond acceptors (Lipinski definition) is 5. The van der Waals surface area contributed by atoms with Gasteiger partial charge in [-0.15, -0.1) is 0 Å². The maximum atomic E-state index is 11.8. The van der Waals surface area contributed by atoms with Gasteiger partial charge in [-0.1, -0.05) is 0 Å². The van der Waals surface area contributed by atoms with Gasteiger partial charge in [-0.3, -0.25) is 4.98 Å². The molecular formula is C14H19N3O2S. The molecule has 20 heavy (non-hydrogen) atoms. The first-order valence-corrected chi connectivity index (χ1v) is 8.25. The van der Waals surface area contributed by atoms with Crippen molar-refractivity contribution in [3.63, 3.8) is 0 Å². The van der Waals surface area contributed by atoms with Crippen LogP contribution >= 0.6 is 0 Å². The highest BCUT2D eigenvalue weighted by molar-refractivity contribution is 7.91. The Bertz CT molecular complexity index is 711. The minimum absolute atomic E-state index is 0.318. The van der Waals surface area contributed by atoms with Gasteiger partial charge in [0.1, 0.15) is 0 Å². The number of benzene rings is 1. The van der Waals surface area contributed by atoms with Gasteiger partial charge < -0.3 is 10.2 Å². The smallest absolute Gasteiger partial charge is 0.176 e. The molecule has 0 radical (unpaired) electrons. The maximum absolute atomic E-state index is 11.8. The molecule has 0 fully saturated rings. The Morgan fingerprint density at radius 1 is 1.25 bits per heavy atom. The number of aromatic nitrogens is 1. The molecular weight excluding hydrogens is 274 g/mol. The normalized spacial score (nSPS) is 12.0. The molecule has 2 aromatic rings. The van der Waals surface area contributed by atoms with Crippen LogP contribution in [0.15, 0.2) is 35.4 Å². The second kappa shape index (κ2) is 5.76. The Balaban J connectivity index is 2.44. The molecule has 0 amide bonds. The van der Waals surface area contributed by atoms with Gasteiger partial charge in [0.05, 0.1) is 16.1 Å². The number of nitrogens with zero attached hydrogens (tertiary/aromatic N) is 2. The molecule has 5 nitrogen and oxygen atoms in total. The van der Waals surface area contributed by atoms with Crippen LogP contribution < -0.4 is 5.32 Å². The highest BCUT2D eigenvalue weighted by Crippen LogP contribution is 2.27. The van der Waals surface area contributed by atoms with Crippen LogP contribution in [0.2, 0.25) is 0 Å². The predicted octanol–water partition coefficient (Wildman–Crippen LogP) is 1.61. The first-order valence-electron chi connectivity index (χ1n) is 6.36. The summed E-state index contributed by atoms with van der Waals surface area (Å²) in [5.74, 6) is 0. The van der Waals surface area contributed by atoms with Crippen molar-refractivity contribution in [2.75, 3.05) is 38.8 Å². The third kappa shape index (κ3) is 3.26. The number of anilines is 1. The lowest BCUT2D eigenvalue weighted by Crippen LogP contribution is -2.21. The van der Waals surface area contributed by atoms with Crippen molar-refractivity contribution in [1.29, 1.82) is 0 Å². The molecule has 1 N–H and O–H groups in total. The summed E-state index contributed by atoms with van der Waals surface area (Å²) >= 11 is 0. The first kappa shape index (κ1) is 14.7. The van der Waals surface area contributed by atoms with E-state index in [-0.39, 0.29) is 0 Å². The summed E-state index contributed by atoms with van der Waals surface area (Å²) in [5.41, 5.74) is 1.55. The molecule has 0 unspecified atom stereocenters. The molecule has 1 heterocycles. The van der Waals surface area contributed by atoms with E-state index in [4.69, 9.17) is 0 Å². The molecule has 0 saturated carbocycles. The first-order chi connectivity index (χ1) is 9.39. The van der Waals surface area contributed by atoms with Crippen molar-refractivity contribution >= 4 is 26.4 Å². The lowest BCUT2D eigenvalue weighted by atomic mass is 10.2. The Morgan fingerprint density at radius 2 is 2.00 bits per heavy atom. The van der Waals surface area contributed by atoms with Gasteiger partial charge in [-0.05, 0) is 38.4 Å². The van der Waals surface area contributed by atoms with E-state index in [9.17, 15) is 8.42 Å². The van der Waals surface area contributed by atoms with Gasteiger partial charge in [-0.2, -0.15) is 0 Å². The van der Waals surface area contributed by atoms with Gasteiger partial charge in [0.15, 0.2) is 9.84 Å². The standard InChI is InChI=1S/C14H19N3O2S/c1-17(2)10-9-15-12-6-7-13(20(3,18)19)11-5-4-8-16-14(11)12/h4-8,15H,9-10H2,1-3H3. The van der Waals surface area contributed by atoms with Crippen LogP contribution in [0, 0.1) is 0 Å². The summed E-state index contributed by atoms with van der Waals surface area (Å²) in [7, 11) is 0.753. The fourth-order valence-electron chi connectivity index (χ4n) is 2.03. The van der Waals surface area contributed by atoms with Crippen molar-refractivity contribution in [3.05, 3.63) is 30.5 Å². The lowest BCUT2D eigenvalue weighted by Gasteiger charge is -2.14. The third-order valence-electron chi connectivity index (χ3n) is 3.00. The molecule has 0 saturated heterocycles. The van der Waals surface area contributed by atoms with Crippen molar-refractivity contribution < 1.29 is 8.42 Å². The van der Waals surface area contributed by atoms with Crippen molar-refractivity contribution in [1.82, 2.24) is 9.88 Å². The summed E-state index contributed by atoms with van der Waals surface area (Å²) in [6.45, 7) is 1.67. The minimum Gasteiger partial charge on any atom is -0.382 e. The average Bonchev–Trinajstić information content (AvgIpc) is 2.37. The van der Waals surface area contributed by atoms with Gasteiger partial charge in [0.2, 0.25) is 0 Å². The minimum atomic E-state index is -3.26. The number of pyridine rings is 1. The molecule has 2 rings (SSSR count). The van der Waals surface area contributed by atoms with Crippen LogP contribution in [0.1, 0.15) is 0 Å². The Kier molecular flexibility index (Phi) is 4.25. The molecule has 0 bridgehead atoms. The van der Waals surface area contributed by atoms with E-state index >= 15 is 0 Å². The number of sulfone groups is 1. The van der Waals surface area contributed by atoms with Crippen LogP contribution in [0.25, 0.3) is 10.9 Å². The molecule has 1 aromatic carbocycles. The summed E-state index contributed by atoms with van der Waals surface area (Å²) in [5, 5.41) is 3.96. The largest absolute Gasteiger partial charge is 0.382 e. The number of nitrogens with one attached hydrogen (secondary N) is 1. The molecule has 0 atom stereocenters. The second-order valence-corrected chi connectivity index (χ2v) is 7.00. The summed E-state index contributed by atoms with van der Waals surface area (Å²) in [4.78, 5) is 6.71. The molecule has 0 aliphatic carbocycles. The Morgan fingerprint density at radius 3 is 2.65 bits per heavy atom. The molecule has 108 valence electrons. The maximum Gasteiger partial charge on any atom is 0.176 e. The second-order valence-electron chi connectivity index (χ2n) is 5.01. The van der Waals surface area contributed by atoms with Crippen molar-refractivity contribution in [3.8, 4) is 0 Å². The number of hydrogen-bond donors (Lipinski definition) is 1. The molecule has 1 aromatic heterocycles. The van der Waals surface area contributed by atoms with Gasteiger partial charge in [0, 0.05) is 30.9 Å². The average molecular weight is 293 g/mol. The fourth-order valence-corrected chi connectivity index (χ4v) is 2.91. The van der Waals surface area contributed by atoms with E-state index in [2.05, 4.69) is 15.2 Å². The highest BCUT2D eigenvalue weighted by Gasteiger charge is 2.14. The van der Waals surface area contributed by atoms with Crippen LogP contribution in [0.5, 0.6) is 0 Å². The zero-order valence-corrected chi connectivity index (χ0v) is 12.7. The monoisotopic (exact) mass is 293 g/mol.